The number of nitrogens with zero attached hydrogens (tertiary/aromatic N) is 2. The van der Waals surface area contributed by atoms with Crippen LogP contribution in [0.5, 0.6) is 0 Å². The summed E-state index contributed by atoms with van der Waals surface area (Å²) >= 11 is 0. The SMILES string of the molecule is CCN(CC)C1=CC=[C+]C=C1.CCN(CC)c1ccccc1.O=C(c1ccccc1)c1ccccc1.OC(c1ccccc1)c1ccccc1.[U].[V]. The average Bonchev–Trinajstić information content (AvgIpc) is 3.21. The smallest absolute Gasteiger partial charge is 0.193 e. The third-order valence-electron chi connectivity index (χ3n) is 8.02. The van der Waals surface area contributed by atoms with Gasteiger partial charge in [-0.05, 0) is 51.0 Å². The Morgan fingerprint density at radius 3 is 1.29 bits per heavy atom. The summed E-state index contributed by atoms with van der Waals surface area (Å²) in [5.41, 5.74) is 5.93. The number of anilines is 1. The van der Waals surface area contributed by atoms with E-state index < -0.39 is 6.10 Å². The van der Waals surface area contributed by atoms with E-state index in [1.165, 1.54) is 11.4 Å². The Balaban J connectivity index is 0.000000345. The van der Waals surface area contributed by atoms with Crippen molar-refractivity contribution in [2.45, 2.75) is 33.8 Å². The number of carbonyl (C=O) groups excluding carboxylic acids is 1. The number of benzene rings is 5. The average molecular weight is 953 g/mol. The monoisotopic (exact) mass is 952 g/mol. The molecule has 1 aliphatic rings. The van der Waals surface area contributed by atoms with E-state index in [1.54, 1.807) is 0 Å². The molecule has 0 fully saturated rings. The van der Waals surface area contributed by atoms with Crippen LogP contribution in [0.3, 0.4) is 0 Å². The van der Waals surface area contributed by atoms with Gasteiger partial charge in [0.15, 0.2) is 11.5 Å². The number of para-hydroxylation sites is 1. The van der Waals surface area contributed by atoms with E-state index >= 15 is 0 Å². The van der Waals surface area contributed by atoms with Gasteiger partial charge in [-0.1, -0.05) is 140 Å². The minimum absolute atomic E-state index is 0. The van der Waals surface area contributed by atoms with E-state index in [0.717, 1.165) is 48.4 Å². The molecule has 0 amide bonds. The van der Waals surface area contributed by atoms with Crippen molar-refractivity contribution in [3.8, 4) is 0 Å². The molecule has 265 valence electrons. The second-order valence-electron chi connectivity index (χ2n) is 11.2. The quantitative estimate of drug-likeness (QED) is 0.112. The summed E-state index contributed by atoms with van der Waals surface area (Å²) in [5.74, 6) is 0.0752. The van der Waals surface area contributed by atoms with Crippen molar-refractivity contribution in [1.29, 1.82) is 0 Å². The fourth-order valence-electron chi connectivity index (χ4n) is 5.21. The molecule has 6 heteroatoms. The molecule has 0 atom stereocenters. The zero-order valence-corrected chi connectivity index (χ0v) is 36.4. The Bertz CT molecular complexity index is 1630. The number of ketones is 1. The van der Waals surface area contributed by atoms with Crippen molar-refractivity contribution in [3.05, 3.63) is 210 Å². The van der Waals surface area contributed by atoms with Crippen molar-refractivity contribution >= 4 is 11.5 Å². The van der Waals surface area contributed by atoms with Crippen molar-refractivity contribution in [3.63, 3.8) is 0 Å². The van der Waals surface area contributed by atoms with Crippen LogP contribution in [-0.4, -0.2) is 42.0 Å². The topological polar surface area (TPSA) is 43.8 Å². The van der Waals surface area contributed by atoms with Gasteiger partial charge in [0.1, 0.15) is 18.3 Å². The van der Waals surface area contributed by atoms with E-state index in [1.807, 2.05) is 140 Å². The zero-order valence-electron chi connectivity index (χ0n) is 30.8. The van der Waals surface area contributed by atoms with E-state index in [-0.39, 0.29) is 55.5 Å². The minimum atomic E-state index is -0.516. The van der Waals surface area contributed by atoms with Crippen molar-refractivity contribution in [2.75, 3.05) is 31.1 Å². The molecule has 0 bridgehead atoms. The van der Waals surface area contributed by atoms with Gasteiger partial charge in [0.25, 0.3) is 0 Å². The van der Waals surface area contributed by atoms with Crippen LogP contribution in [-0.2, 0) is 18.6 Å². The van der Waals surface area contributed by atoms with Gasteiger partial charge in [-0.15, -0.1) is 0 Å². The second kappa shape index (κ2) is 27.7. The first-order valence-corrected chi connectivity index (χ1v) is 17.5. The van der Waals surface area contributed by atoms with E-state index in [4.69, 9.17) is 0 Å². The number of hydrogen-bond donors (Lipinski definition) is 1. The molecule has 4 nitrogen and oxygen atoms in total. The summed E-state index contributed by atoms with van der Waals surface area (Å²) < 4.78 is 0. The Morgan fingerprint density at radius 1 is 0.577 bits per heavy atom. The predicted molar refractivity (Wildman–Crippen MR) is 211 cm³/mol. The molecule has 0 aromatic heterocycles. The summed E-state index contributed by atoms with van der Waals surface area (Å²) in [6, 6.07) is 48.4. The normalized spacial score (nSPS) is 10.5. The van der Waals surface area contributed by atoms with Crippen LogP contribution >= 0.6 is 0 Å². The van der Waals surface area contributed by atoms with Gasteiger partial charge in [-0.3, -0.25) is 4.79 Å². The van der Waals surface area contributed by atoms with Crippen LogP contribution in [0.4, 0.5) is 5.69 Å². The number of rotatable bonds is 10. The number of carbonyl (C=O) groups is 1. The molecular weight excluding hydrogens is 901 g/mol. The largest absolute Gasteiger partial charge is 0.384 e. The Morgan fingerprint density at radius 2 is 0.942 bits per heavy atom. The molecule has 0 heterocycles. The molecule has 6 rings (SSSR count). The summed E-state index contributed by atoms with van der Waals surface area (Å²) in [6.45, 7) is 13.0. The molecular formula is C46H51N2O2UV+. The maximum atomic E-state index is 11.8. The molecule has 5 aromatic rings. The summed E-state index contributed by atoms with van der Waals surface area (Å²) in [7, 11) is 0. The Kier molecular flexibility index (Phi) is 24.6. The third-order valence-corrected chi connectivity index (χ3v) is 8.02. The number of hydrogen-bond acceptors (Lipinski definition) is 4. The fraction of sp³-hybridized carbons (Fsp3) is 0.196. The third kappa shape index (κ3) is 16.2. The molecule has 0 saturated carbocycles. The Labute approximate surface area is 348 Å². The molecule has 1 radical (unpaired) electrons. The molecule has 0 saturated heterocycles. The van der Waals surface area contributed by atoms with Crippen LogP contribution in [0.2, 0.25) is 0 Å². The van der Waals surface area contributed by atoms with Crippen LogP contribution in [0.15, 0.2) is 182 Å². The van der Waals surface area contributed by atoms with Gasteiger partial charge in [0.2, 0.25) is 0 Å². The minimum Gasteiger partial charge on any atom is -0.384 e. The van der Waals surface area contributed by atoms with Crippen molar-refractivity contribution < 1.29 is 59.6 Å². The first-order chi connectivity index (χ1) is 24.5. The number of allylic oxidation sites excluding steroid dienone is 5. The number of aliphatic hydroxyl groups is 1. The van der Waals surface area contributed by atoms with Gasteiger partial charge >= 0.3 is 0 Å². The maximum absolute atomic E-state index is 11.8. The molecule has 1 N–H and O–H groups in total. The molecule has 0 unspecified atom stereocenters. The Hall–Kier alpha value is -3.90. The van der Waals surface area contributed by atoms with E-state index in [2.05, 4.69) is 80.0 Å². The summed E-state index contributed by atoms with van der Waals surface area (Å²) in [5, 5.41) is 9.99. The summed E-state index contributed by atoms with van der Waals surface area (Å²) in [6.07, 6.45) is 10.6. The van der Waals surface area contributed by atoms with Crippen LogP contribution in [0.1, 0.15) is 60.8 Å². The standard InChI is InChI=1S/C13H12O.C13H10O.C10H15N.C10H14N.U.V/c2*14-13(11-7-3-1-4-8-11)12-9-5-2-6-10-12;2*1-3-11(4-2)10-8-6-5-7-9-10;;/h1-10,13-14H;1-10H;5-9H,3-4H2,1-2H3;6-9H,3-4H2,1-2H3;;/q;;;+1;;. The van der Waals surface area contributed by atoms with Crippen molar-refractivity contribution in [2.24, 2.45) is 0 Å². The van der Waals surface area contributed by atoms with Gasteiger partial charge in [-0.2, -0.15) is 0 Å². The fourth-order valence-corrected chi connectivity index (χ4v) is 5.21. The van der Waals surface area contributed by atoms with Crippen LogP contribution in [0.25, 0.3) is 0 Å². The van der Waals surface area contributed by atoms with Crippen LogP contribution < -0.4 is 4.90 Å². The molecule has 5 aromatic carbocycles. The van der Waals surface area contributed by atoms with Gasteiger partial charge < -0.3 is 14.9 Å². The van der Waals surface area contributed by atoms with Crippen LogP contribution in [0, 0.1) is 37.2 Å². The van der Waals surface area contributed by atoms with E-state index in [0.29, 0.717) is 0 Å². The van der Waals surface area contributed by atoms with Crippen molar-refractivity contribution in [1.82, 2.24) is 4.90 Å². The van der Waals surface area contributed by atoms with Gasteiger partial charge in [0, 0.05) is 98.7 Å². The molecule has 0 spiro atoms. The van der Waals surface area contributed by atoms with Gasteiger partial charge in [-0.25, -0.2) is 0 Å². The summed E-state index contributed by atoms with van der Waals surface area (Å²) in [4.78, 5) is 16.5. The first kappa shape index (κ1) is 46.1. The number of aliphatic hydroxyl groups excluding tert-OH is 1. The van der Waals surface area contributed by atoms with Gasteiger partial charge in [0.05, 0.1) is 12.2 Å². The molecule has 0 aliphatic heterocycles. The molecule has 52 heavy (non-hydrogen) atoms. The molecule has 1 aliphatic carbocycles. The van der Waals surface area contributed by atoms with E-state index in [9.17, 15) is 9.90 Å². The number of likely N-dealkylation sites (N-methyl/N-ethyl adjacent to an activating group) is 1. The maximum Gasteiger partial charge on any atom is 0.193 e. The second-order valence-corrected chi connectivity index (χ2v) is 11.2. The predicted octanol–water partition coefficient (Wildman–Crippen LogP) is 10.4. The zero-order chi connectivity index (χ0) is 35.8. The first-order valence-electron chi connectivity index (χ1n) is 17.5.